The summed E-state index contributed by atoms with van der Waals surface area (Å²) in [6.45, 7) is 1.72. The number of nitrogens with one attached hydrogen (secondary N) is 2. The molecular formula is C23H28N2O7S3. The minimum Gasteiger partial charge on any atom is -0.352 e. The molecule has 2 aromatic carbocycles. The van der Waals surface area contributed by atoms with Gasteiger partial charge < -0.3 is 10.1 Å². The standard InChI is InChI=1S/C23H28N2O7S3/c1-17(27)13-20(15-26)25-35(31,32)22-6-3-5-18(14-22)16-33-12-4-11-24-23(28)19-7-9-21(10-8-19)34(2,29)30/h3,5-10,14-15,20,25H,4,11-13,16H2,1-2H3,(H,24,28). The average molecular weight is 541 g/mol. The number of sulfonamides is 1. The highest BCUT2D eigenvalue weighted by atomic mass is 32.2. The number of carbonyl (C=O) groups is 3. The van der Waals surface area contributed by atoms with E-state index in [4.69, 9.17) is 0 Å². The van der Waals surface area contributed by atoms with Crippen molar-refractivity contribution in [1.82, 2.24) is 10.0 Å². The second-order valence-electron chi connectivity index (χ2n) is 7.88. The van der Waals surface area contributed by atoms with E-state index in [0.717, 1.165) is 11.8 Å². The lowest BCUT2D eigenvalue weighted by Gasteiger charge is -2.12. The maximum atomic E-state index is 12.5. The van der Waals surface area contributed by atoms with Gasteiger partial charge in [0.25, 0.3) is 5.91 Å². The molecule has 1 amide bonds. The van der Waals surface area contributed by atoms with Gasteiger partial charge in [0.2, 0.25) is 10.0 Å². The Labute approximate surface area is 210 Å². The van der Waals surface area contributed by atoms with Gasteiger partial charge in [0.05, 0.1) is 15.8 Å². The molecule has 0 spiro atoms. The first-order chi connectivity index (χ1) is 16.4. The van der Waals surface area contributed by atoms with E-state index < -0.39 is 25.9 Å². The number of Topliss-reactive ketones (excluding diaryl/α,β-unsaturated/α-hetero) is 1. The van der Waals surface area contributed by atoms with Gasteiger partial charge in [0.1, 0.15) is 12.1 Å². The number of thioether (sulfide) groups is 1. The van der Waals surface area contributed by atoms with Crippen LogP contribution in [0.15, 0.2) is 58.3 Å². The van der Waals surface area contributed by atoms with Crippen LogP contribution in [0.25, 0.3) is 0 Å². The predicted molar refractivity (Wildman–Crippen MR) is 135 cm³/mol. The molecule has 0 saturated heterocycles. The van der Waals surface area contributed by atoms with Gasteiger partial charge in [-0.15, -0.1) is 0 Å². The maximum absolute atomic E-state index is 12.5. The zero-order chi connectivity index (χ0) is 26.1. The Bertz CT molecular complexity index is 1260. The number of carbonyl (C=O) groups excluding carboxylic acids is 3. The summed E-state index contributed by atoms with van der Waals surface area (Å²) in [7, 11) is -7.26. The lowest BCUT2D eigenvalue weighted by Crippen LogP contribution is -2.37. The number of aldehydes is 1. The molecule has 0 aliphatic carbocycles. The van der Waals surface area contributed by atoms with E-state index in [-0.39, 0.29) is 27.9 Å². The molecule has 35 heavy (non-hydrogen) atoms. The van der Waals surface area contributed by atoms with E-state index in [1.54, 1.807) is 23.9 Å². The SMILES string of the molecule is CC(=O)CC(C=O)NS(=O)(=O)c1cccc(CSCCCNC(=O)c2ccc(S(C)(=O)=O)cc2)c1. The lowest BCUT2D eigenvalue weighted by molar-refractivity contribution is -0.119. The second-order valence-corrected chi connectivity index (χ2v) is 12.7. The fourth-order valence-electron chi connectivity index (χ4n) is 3.02. The third-order valence-electron chi connectivity index (χ3n) is 4.75. The van der Waals surface area contributed by atoms with Crippen molar-refractivity contribution in [2.24, 2.45) is 0 Å². The zero-order valence-corrected chi connectivity index (χ0v) is 21.8. The number of hydrogen-bond donors (Lipinski definition) is 2. The molecule has 0 aliphatic rings. The predicted octanol–water partition coefficient (Wildman–Crippen LogP) is 1.97. The summed E-state index contributed by atoms with van der Waals surface area (Å²) >= 11 is 1.57. The summed E-state index contributed by atoms with van der Waals surface area (Å²) in [6.07, 6.45) is 1.98. The Morgan fingerprint density at radius 2 is 1.71 bits per heavy atom. The summed E-state index contributed by atoms with van der Waals surface area (Å²) in [4.78, 5) is 34.6. The fraction of sp³-hybridized carbons (Fsp3) is 0.348. The third-order valence-corrected chi connectivity index (χ3v) is 8.48. The minimum atomic E-state index is -3.95. The average Bonchev–Trinajstić information content (AvgIpc) is 2.80. The minimum absolute atomic E-state index is 0.0140. The number of benzene rings is 2. The molecule has 0 aromatic heterocycles. The molecule has 0 aliphatic heterocycles. The van der Waals surface area contributed by atoms with E-state index in [9.17, 15) is 31.2 Å². The van der Waals surface area contributed by atoms with Crippen molar-refractivity contribution in [2.75, 3.05) is 18.6 Å². The normalized spacial score (nSPS) is 12.6. The highest BCUT2D eigenvalue weighted by Crippen LogP contribution is 2.18. The van der Waals surface area contributed by atoms with Crippen LogP contribution in [-0.4, -0.2) is 59.4 Å². The van der Waals surface area contributed by atoms with Crippen LogP contribution in [0.1, 0.15) is 35.7 Å². The van der Waals surface area contributed by atoms with Crippen LogP contribution in [0.4, 0.5) is 0 Å². The number of sulfone groups is 1. The summed E-state index contributed by atoms with van der Waals surface area (Å²) in [6, 6.07) is 11.0. The number of hydrogen-bond acceptors (Lipinski definition) is 8. The summed E-state index contributed by atoms with van der Waals surface area (Å²) in [5.41, 5.74) is 1.15. The quantitative estimate of drug-likeness (QED) is 0.273. The molecule has 2 N–H and O–H groups in total. The molecule has 0 heterocycles. The van der Waals surface area contributed by atoms with Crippen LogP contribution >= 0.6 is 11.8 Å². The monoisotopic (exact) mass is 540 g/mol. The van der Waals surface area contributed by atoms with Crippen molar-refractivity contribution in [2.45, 2.75) is 41.4 Å². The van der Waals surface area contributed by atoms with Gasteiger partial charge in [-0.3, -0.25) is 9.59 Å². The Kier molecular flexibility index (Phi) is 10.6. The summed E-state index contributed by atoms with van der Waals surface area (Å²) in [5, 5.41) is 2.78. The Morgan fingerprint density at radius 3 is 2.31 bits per heavy atom. The Balaban J connectivity index is 1.79. The van der Waals surface area contributed by atoms with Crippen LogP contribution in [0.5, 0.6) is 0 Å². The summed E-state index contributed by atoms with van der Waals surface area (Å²) < 4.78 is 50.3. The van der Waals surface area contributed by atoms with E-state index in [1.807, 2.05) is 0 Å². The van der Waals surface area contributed by atoms with Gasteiger partial charge in [-0.1, -0.05) is 12.1 Å². The molecular weight excluding hydrogens is 512 g/mol. The maximum Gasteiger partial charge on any atom is 0.251 e. The van der Waals surface area contributed by atoms with Crippen molar-refractivity contribution in [3.05, 3.63) is 59.7 Å². The summed E-state index contributed by atoms with van der Waals surface area (Å²) in [5.74, 6) is 0.679. The van der Waals surface area contributed by atoms with Crippen molar-refractivity contribution in [3.8, 4) is 0 Å². The molecule has 12 heteroatoms. The van der Waals surface area contributed by atoms with Gasteiger partial charge in [-0.2, -0.15) is 11.8 Å². The van der Waals surface area contributed by atoms with E-state index in [2.05, 4.69) is 10.0 Å². The Morgan fingerprint density at radius 1 is 1.03 bits per heavy atom. The Hall–Kier alpha value is -2.54. The van der Waals surface area contributed by atoms with Crippen molar-refractivity contribution in [3.63, 3.8) is 0 Å². The highest BCUT2D eigenvalue weighted by Gasteiger charge is 2.21. The molecule has 0 radical (unpaired) electrons. The molecule has 190 valence electrons. The first-order valence-corrected chi connectivity index (χ1v) is 15.2. The van der Waals surface area contributed by atoms with Gasteiger partial charge in [0.15, 0.2) is 9.84 Å². The fourth-order valence-corrected chi connectivity index (χ4v) is 5.80. The van der Waals surface area contributed by atoms with E-state index in [1.165, 1.54) is 43.3 Å². The van der Waals surface area contributed by atoms with Gasteiger partial charge in [-0.05, 0) is 61.1 Å². The van der Waals surface area contributed by atoms with Crippen LogP contribution in [0.3, 0.4) is 0 Å². The van der Waals surface area contributed by atoms with E-state index >= 15 is 0 Å². The molecule has 0 fully saturated rings. The van der Waals surface area contributed by atoms with E-state index in [0.29, 0.717) is 36.3 Å². The van der Waals surface area contributed by atoms with Gasteiger partial charge in [-0.25, -0.2) is 21.6 Å². The first-order valence-electron chi connectivity index (χ1n) is 10.6. The van der Waals surface area contributed by atoms with Crippen LogP contribution in [0.2, 0.25) is 0 Å². The molecule has 2 rings (SSSR count). The number of ketones is 1. The van der Waals surface area contributed by atoms with Crippen LogP contribution in [0, 0.1) is 0 Å². The molecule has 1 unspecified atom stereocenters. The first kappa shape index (κ1) is 28.7. The van der Waals surface area contributed by atoms with Crippen LogP contribution in [-0.2, 0) is 35.2 Å². The third kappa shape index (κ3) is 9.55. The smallest absolute Gasteiger partial charge is 0.251 e. The highest BCUT2D eigenvalue weighted by molar-refractivity contribution is 7.98. The molecule has 2 aromatic rings. The number of amides is 1. The van der Waals surface area contributed by atoms with Crippen LogP contribution < -0.4 is 10.0 Å². The van der Waals surface area contributed by atoms with Gasteiger partial charge in [0, 0.05) is 30.5 Å². The van der Waals surface area contributed by atoms with Gasteiger partial charge >= 0.3 is 0 Å². The second kappa shape index (κ2) is 13.0. The largest absolute Gasteiger partial charge is 0.352 e. The lowest BCUT2D eigenvalue weighted by atomic mass is 10.2. The van der Waals surface area contributed by atoms with Crippen molar-refractivity contribution < 1.29 is 31.2 Å². The number of rotatable bonds is 14. The topological polar surface area (TPSA) is 144 Å². The van der Waals surface area contributed by atoms with Crippen molar-refractivity contribution in [1.29, 1.82) is 0 Å². The zero-order valence-electron chi connectivity index (χ0n) is 19.4. The molecule has 9 nitrogen and oxygen atoms in total. The molecule has 1 atom stereocenters. The molecule has 0 saturated carbocycles. The van der Waals surface area contributed by atoms with Crippen molar-refractivity contribution >= 4 is 49.6 Å². The molecule has 0 bridgehead atoms.